The van der Waals surface area contributed by atoms with Gasteiger partial charge < -0.3 is 9.47 Å². The van der Waals surface area contributed by atoms with Crippen LogP contribution in [0.15, 0.2) is 164 Å². The molecule has 0 spiro atoms. The number of para-hydroxylation sites is 1. The molecule has 3 heteroatoms. The molecule has 0 unspecified atom stereocenters. The first-order chi connectivity index (χ1) is 25.0. The molecule has 51 heavy (non-hydrogen) atoms. The number of pyridine rings is 1. The van der Waals surface area contributed by atoms with Crippen molar-refractivity contribution in [1.82, 2.24) is 4.98 Å². The first-order valence-corrected chi connectivity index (χ1v) is 17.4. The van der Waals surface area contributed by atoms with Gasteiger partial charge in [-0.15, -0.1) is 0 Å². The molecule has 0 saturated heterocycles. The van der Waals surface area contributed by atoms with E-state index in [1.165, 1.54) is 27.5 Å². The minimum absolute atomic E-state index is 0.134. The lowest BCUT2D eigenvalue weighted by atomic mass is 9.82. The standard InChI is InChI=1S/C48H33NO2/c1-48(2)39-20-9-8-18-38(39)45-40(48)24-25-44-47(45)51-46-37(19-11-21-43(46)50-44)34-16-10-17-35(27-34)42-29-36(28-41(49-42)31-13-4-3-5-14-31)33-23-22-30-12-6-7-15-32(30)26-33/h3-29H,1-2H3. The summed E-state index contributed by atoms with van der Waals surface area (Å²) in [6.45, 7) is 4.57. The second kappa shape index (κ2) is 11.3. The quantitative estimate of drug-likeness (QED) is 0.189. The first kappa shape index (κ1) is 29.5. The van der Waals surface area contributed by atoms with E-state index in [-0.39, 0.29) is 5.41 Å². The van der Waals surface area contributed by atoms with Crippen molar-refractivity contribution < 1.29 is 9.47 Å². The Morgan fingerprint density at radius 3 is 1.98 bits per heavy atom. The molecule has 7 aromatic carbocycles. The fourth-order valence-corrected chi connectivity index (χ4v) is 7.89. The van der Waals surface area contributed by atoms with E-state index in [2.05, 4.69) is 159 Å². The third kappa shape index (κ3) is 4.77. The van der Waals surface area contributed by atoms with Gasteiger partial charge >= 0.3 is 0 Å². The molecule has 242 valence electrons. The summed E-state index contributed by atoms with van der Waals surface area (Å²) in [5.74, 6) is 2.95. The van der Waals surface area contributed by atoms with Crippen LogP contribution in [0.5, 0.6) is 23.0 Å². The number of fused-ring (bicyclic) bond motifs is 7. The second-order valence-corrected chi connectivity index (χ2v) is 14.0. The molecule has 0 radical (unpaired) electrons. The molecule has 0 fully saturated rings. The largest absolute Gasteiger partial charge is 0.449 e. The summed E-state index contributed by atoms with van der Waals surface area (Å²) in [4.78, 5) is 5.23. The van der Waals surface area contributed by atoms with Gasteiger partial charge in [-0.05, 0) is 80.6 Å². The average molecular weight is 656 g/mol. The average Bonchev–Trinajstić information content (AvgIpc) is 3.43. The van der Waals surface area contributed by atoms with Gasteiger partial charge in [0, 0.05) is 27.7 Å². The molecule has 0 saturated carbocycles. The highest BCUT2D eigenvalue weighted by molar-refractivity contribution is 5.91. The van der Waals surface area contributed by atoms with Gasteiger partial charge in [0.1, 0.15) is 0 Å². The molecular formula is C48H33NO2. The molecule has 0 atom stereocenters. The third-order valence-electron chi connectivity index (χ3n) is 10.5. The molecule has 2 heterocycles. The van der Waals surface area contributed by atoms with Gasteiger partial charge in [-0.1, -0.05) is 141 Å². The maximum Gasteiger partial charge on any atom is 0.178 e. The summed E-state index contributed by atoms with van der Waals surface area (Å²) in [6.07, 6.45) is 0. The molecule has 8 aromatic rings. The lowest BCUT2D eigenvalue weighted by Gasteiger charge is -2.26. The van der Waals surface area contributed by atoms with Gasteiger partial charge in [0.05, 0.1) is 11.4 Å². The Balaban J connectivity index is 1.09. The Kier molecular flexibility index (Phi) is 6.53. The summed E-state index contributed by atoms with van der Waals surface area (Å²) >= 11 is 0. The highest BCUT2D eigenvalue weighted by atomic mass is 16.6. The summed E-state index contributed by atoms with van der Waals surface area (Å²) in [6, 6.07) is 57.6. The molecule has 0 N–H and O–H groups in total. The van der Waals surface area contributed by atoms with E-state index in [1.54, 1.807) is 0 Å². The maximum absolute atomic E-state index is 6.95. The van der Waals surface area contributed by atoms with Crippen molar-refractivity contribution in [2.24, 2.45) is 0 Å². The fourth-order valence-electron chi connectivity index (χ4n) is 7.89. The summed E-state index contributed by atoms with van der Waals surface area (Å²) in [5, 5.41) is 2.44. The second-order valence-electron chi connectivity index (χ2n) is 14.0. The van der Waals surface area contributed by atoms with Crippen molar-refractivity contribution in [2.45, 2.75) is 19.3 Å². The van der Waals surface area contributed by atoms with Gasteiger partial charge in [0.2, 0.25) is 0 Å². The van der Waals surface area contributed by atoms with Crippen LogP contribution in [-0.2, 0) is 5.41 Å². The van der Waals surface area contributed by atoms with E-state index < -0.39 is 0 Å². The number of nitrogens with zero attached hydrogens (tertiary/aromatic N) is 1. The van der Waals surface area contributed by atoms with Crippen molar-refractivity contribution in [2.75, 3.05) is 0 Å². The molecule has 0 amide bonds. The van der Waals surface area contributed by atoms with Crippen LogP contribution in [0.3, 0.4) is 0 Å². The number of hydrogen-bond acceptors (Lipinski definition) is 3. The first-order valence-electron chi connectivity index (χ1n) is 17.4. The number of benzene rings is 7. The van der Waals surface area contributed by atoms with E-state index in [9.17, 15) is 0 Å². The predicted molar refractivity (Wildman–Crippen MR) is 208 cm³/mol. The van der Waals surface area contributed by atoms with E-state index in [0.717, 1.165) is 67.6 Å². The molecule has 1 aromatic heterocycles. The lowest BCUT2D eigenvalue weighted by molar-refractivity contribution is 0.361. The van der Waals surface area contributed by atoms with Crippen LogP contribution < -0.4 is 9.47 Å². The maximum atomic E-state index is 6.95. The molecule has 0 bridgehead atoms. The summed E-state index contributed by atoms with van der Waals surface area (Å²) < 4.78 is 13.5. The van der Waals surface area contributed by atoms with Crippen LogP contribution in [0.25, 0.3) is 66.7 Å². The highest BCUT2D eigenvalue weighted by Crippen LogP contribution is 2.59. The van der Waals surface area contributed by atoms with Crippen molar-refractivity contribution in [1.29, 1.82) is 0 Å². The lowest BCUT2D eigenvalue weighted by Crippen LogP contribution is -2.15. The fraction of sp³-hybridized carbons (Fsp3) is 0.0625. The van der Waals surface area contributed by atoms with Crippen LogP contribution in [0.1, 0.15) is 25.0 Å². The van der Waals surface area contributed by atoms with E-state index in [1.807, 2.05) is 18.2 Å². The van der Waals surface area contributed by atoms with E-state index >= 15 is 0 Å². The number of rotatable bonds is 4. The van der Waals surface area contributed by atoms with Crippen LogP contribution in [0.2, 0.25) is 0 Å². The minimum Gasteiger partial charge on any atom is -0.449 e. The van der Waals surface area contributed by atoms with Gasteiger partial charge in [-0.2, -0.15) is 0 Å². The van der Waals surface area contributed by atoms with E-state index in [4.69, 9.17) is 14.5 Å². The van der Waals surface area contributed by atoms with E-state index in [0.29, 0.717) is 5.75 Å². The topological polar surface area (TPSA) is 31.4 Å². The minimum atomic E-state index is -0.134. The highest BCUT2D eigenvalue weighted by Gasteiger charge is 2.39. The SMILES string of the molecule is CC1(C)c2ccccc2-c2c1ccc1c2Oc2c(cccc2-c2cccc(-c3cc(-c4ccc5ccccc5c4)cc(-c4ccccc4)n3)c2)O1. The Bertz CT molecular complexity index is 2670. The van der Waals surface area contributed by atoms with Crippen molar-refractivity contribution in [3.8, 4) is 78.9 Å². The van der Waals surface area contributed by atoms with Crippen molar-refractivity contribution in [3.05, 3.63) is 175 Å². The Morgan fingerprint density at radius 1 is 0.412 bits per heavy atom. The van der Waals surface area contributed by atoms with Crippen LogP contribution in [-0.4, -0.2) is 4.98 Å². The van der Waals surface area contributed by atoms with Crippen LogP contribution in [0, 0.1) is 0 Å². The summed E-state index contributed by atoms with van der Waals surface area (Å²) in [7, 11) is 0. The Labute approximate surface area is 297 Å². The molecule has 3 nitrogen and oxygen atoms in total. The Morgan fingerprint density at radius 2 is 1.10 bits per heavy atom. The number of ether oxygens (including phenoxy) is 2. The molecule has 1 aliphatic carbocycles. The predicted octanol–water partition coefficient (Wildman–Crippen LogP) is 13.1. The smallest absolute Gasteiger partial charge is 0.178 e. The van der Waals surface area contributed by atoms with Crippen molar-refractivity contribution >= 4 is 10.8 Å². The van der Waals surface area contributed by atoms with Gasteiger partial charge in [-0.3, -0.25) is 0 Å². The Hall–Kier alpha value is -6.45. The molecule has 10 rings (SSSR count). The normalized spacial score (nSPS) is 13.4. The summed E-state index contributed by atoms with van der Waals surface area (Å²) in [5.41, 5.74) is 13.0. The molecule has 2 aliphatic rings. The molecular weight excluding hydrogens is 623 g/mol. The number of aromatic nitrogens is 1. The van der Waals surface area contributed by atoms with Gasteiger partial charge in [0.25, 0.3) is 0 Å². The van der Waals surface area contributed by atoms with Gasteiger partial charge in [0.15, 0.2) is 23.0 Å². The zero-order valence-corrected chi connectivity index (χ0v) is 28.4. The molecule has 1 aliphatic heterocycles. The van der Waals surface area contributed by atoms with Crippen LogP contribution >= 0.6 is 0 Å². The van der Waals surface area contributed by atoms with Crippen molar-refractivity contribution in [3.63, 3.8) is 0 Å². The number of hydrogen-bond donors (Lipinski definition) is 0. The zero-order chi connectivity index (χ0) is 34.1. The van der Waals surface area contributed by atoms with Gasteiger partial charge in [-0.25, -0.2) is 4.98 Å². The third-order valence-corrected chi connectivity index (χ3v) is 10.5. The zero-order valence-electron chi connectivity index (χ0n) is 28.4. The van der Waals surface area contributed by atoms with Crippen LogP contribution in [0.4, 0.5) is 0 Å². The monoisotopic (exact) mass is 655 g/mol.